The van der Waals surface area contributed by atoms with Crippen molar-refractivity contribution in [2.45, 2.75) is 52.0 Å². The molecular weight excluding hydrogens is 210 g/mol. The second-order valence-corrected chi connectivity index (χ2v) is 5.38. The summed E-state index contributed by atoms with van der Waals surface area (Å²) in [5, 5.41) is 3.63. The zero-order valence-electron chi connectivity index (χ0n) is 10.9. The van der Waals surface area contributed by atoms with E-state index in [4.69, 9.17) is 0 Å². The van der Waals surface area contributed by atoms with Crippen molar-refractivity contribution in [1.82, 2.24) is 15.3 Å². The number of nitrogens with zero attached hydrogens (tertiary/aromatic N) is 2. The van der Waals surface area contributed by atoms with Crippen LogP contribution in [0.25, 0.3) is 0 Å². The molecule has 1 saturated carbocycles. The average Bonchev–Trinajstić information content (AvgIpc) is 2.38. The standard InChI is InChI=1S/C14H23N3/c1-3-17-13(12-9-15-11-16-10-12)14(2)7-5-4-6-8-14/h9-11,13,17H,3-8H2,1-2H3. The second kappa shape index (κ2) is 5.58. The maximum atomic E-state index is 4.16. The zero-order valence-corrected chi connectivity index (χ0v) is 10.9. The van der Waals surface area contributed by atoms with Gasteiger partial charge in [0.1, 0.15) is 6.33 Å². The third-order valence-electron chi connectivity index (χ3n) is 4.01. The quantitative estimate of drug-likeness (QED) is 0.868. The lowest BCUT2D eigenvalue weighted by Crippen LogP contribution is -2.37. The van der Waals surface area contributed by atoms with E-state index >= 15 is 0 Å². The fraction of sp³-hybridized carbons (Fsp3) is 0.714. The van der Waals surface area contributed by atoms with Crippen molar-refractivity contribution in [1.29, 1.82) is 0 Å². The molecule has 3 nitrogen and oxygen atoms in total. The molecule has 0 spiro atoms. The summed E-state index contributed by atoms with van der Waals surface area (Å²) in [6, 6.07) is 0.397. The van der Waals surface area contributed by atoms with Gasteiger partial charge in [-0.1, -0.05) is 33.1 Å². The molecule has 0 bridgehead atoms. The van der Waals surface area contributed by atoms with Gasteiger partial charge in [0.2, 0.25) is 0 Å². The maximum Gasteiger partial charge on any atom is 0.115 e. The Kier molecular flexibility index (Phi) is 4.11. The molecule has 17 heavy (non-hydrogen) atoms. The first-order valence-corrected chi connectivity index (χ1v) is 6.74. The Labute approximate surface area is 104 Å². The van der Waals surface area contributed by atoms with Gasteiger partial charge in [-0.15, -0.1) is 0 Å². The van der Waals surface area contributed by atoms with Crippen LogP contribution in [0, 0.1) is 5.41 Å². The molecule has 1 aromatic heterocycles. The van der Waals surface area contributed by atoms with Gasteiger partial charge in [-0.2, -0.15) is 0 Å². The molecule has 0 aromatic carbocycles. The van der Waals surface area contributed by atoms with E-state index in [1.54, 1.807) is 6.33 Å². The first kappa shape index (κ1) is 12.5. The fourth-order valence-corrected chi connectivity index (χ4v) is 3.08. The van der Waals surface area contributed by atoms with Gasteiger partial charge in [0.15, 0.2) is 0 Å². The van der Waals surface area contributed by atoms with Crippen LogP contribution in [0.1, 0.15) is 57.6 Å². The van der Waals surface area contributed by atoms with Crippen LogP contribution in [-0.2, 0) is 0 Å². The molecule has 1 N–H and O–H groups in total. The summed E-state index contributed by atoms with van der Waals surface area (Å²) in [5.74, 6) is 0. The minimum Gasteiger partial charge on any atom is -0.310 e. The number of nitrogens with one attached hydrogen (secondary N) is 1. The van der Waals surface area contributed by atoms with E-state index in [0.717, 1.165) is 6.54 Å². The van der Waals surface area contributed by atoms with E-state index in [1.165, 1.54) is 37.7 Å². The average molecular weight is 233 g/mol. The van der Waals surface area contributed by atoms with Gasteiger partial charge < -0.3 is 5.32 Å². The monoisotopic (exact) mass is 233 g/mol. The van der Waals surface area contributed by atoms with Crippen LogP contribution in [0.4, 0.5) is 0 Å². The van der Waals surface area contributed by atoms with Crippen LogP contribution in [0.3, 0.4) is 0 Å². The van der Waals surface area contributed by atoms with Crippen LogP contribution in [-0.4, -0.2) is 16.5 Å². The molecule has 1 unspecified atom stereocenters. The van der Waals surface area contributed by atoms with E-state index < -0.39 is 0 Å². The molecule has 1 aromatic rings. The van der Waals surface area contributed by atoms with Crippen molar-refractivity contribution in [2.24, 2.45) is 5.41 Å². The Bertz CT molecular complexity index is 331. The molecule has 3 heteroatoms. The predicted molar refractivity (Wildman–Crippen MR) is 69.6 cm³/mol. The van der Waals surface area contributed by atoms with E-state index in [2.05, 4.69) is 29.1 Å². The van der Waals surface area contributed by atoms with Gasteiger partial charge in [0, 0.05) is 24.0 Å². The lowest BCUT2D eigenvalue weighted by Gasteiger charge is -2.41. The summed E-state index contributed by atoms with van der Waals surface area (Å²) in [6.07, 6.45) is 12.2. The van der Waals surface area contributed by atoms with Crippen molar-refractivity contribution in [3.63, 3.8) is 0 Å². The SMILES string of the molecule is CCNC(c1cncnc1)C1(C)CCCCC1. The molecule has 1 fully saturated rings. The Hall–Kier alpha value is -0.960. The highest BCUT2D eigenvalue weighted by Gasteiger charge is 2.36. The molecule has 1 heterocycles. The molecule has 0 amide bonds. The molecular formula is C14H23N3. The lowest BCUT2D eigenvalue weighted by atomic mass is 9.69. The number of hydrogen-bond acceptors (Lipinski definition) is 3. The molecule has 0 saturated heterocycles. The molecule has 1 aliphatic carbocycles. The number of aromatic nitrogens is 2. The highest BCUT2D eigenvalue weighted by Crippen LogP contribution is 2.45. The maximum absolute atomic E-state index is 4.16. The molecule has 0 aliphatic heterocycles. The van der Waals surface area contributed by atoms with Gasteiger partial charge in [-0.25, -0.2) is 9.97 Å². The number of hydrogen-bond donors (Lipinski definition) is 1. The highest BCUT2D eigenvalue weighted by molar-refractivity contribution is 5.14. The summed E-state index contributed by atoms with van der Waals surface area (Å²) in [4.78, 5) is 8.33. The van der Waals surface area contributed by atoms with E-state index in [-0.39, 0.29) is 0 Å². The van der Waals surface area contributed by atoms with Gasteiger partial charge >= 0.3 is 0 Å². The fourth-order valence-electron chi connectivity index (χ4n) is 3.08. The first-order valence-electron chi connectivity index (χ1n) is 6.74. The molecule has 0 radical (unpaired) electrons. The van der Waals surface area contributed by atoms with Crippen molar-refractivity contribution >= 4 is 0 Å². The molecule has 1 atom stereocenters. The Morgan fingerprint density at radius 3 is 2.47 bits per heavy atom. The van der Waals surface area contributed by atoms with Crippen LogP contribution >= 0.6 is 0 Å². The van der Waals surface area contributed by atoms with Crippen molar-refractivity contribution < 1.29 is 0 Å². The molecule has 2 rings (SSSR count). The third-order valence-corrected chi connectivity index (χ3v) is 4.01. The molecule has 1 aliphatic rings. The summed E-state index contributed by atoms with van der Waals surface area (Å²) < 4.78 is 0. The largest absolute Gasteiger partial charge is 0.310 e. The van der Waals surface area contributed by atoms with Gasteiger partial charge in [-0.3, -0.25) is 0 Å². The van der Waals surface area contributed by atoms with Crippen molar-refractivity contribution in [3.05, 3.63) is 24.3 Å². The predicted octanol–water partition coefficient (Wildman–Crippen LogP) is 3.10. The Morgan fingerprint density at radius 1 is 1.24 bits per heavy atom. The van der Waals surface area contributed by atoms with Crippen LogP contribution in [0.2, 0.25) is 0 Å². The van der Waals surface area contributed by atoms with Crippen molar-refractivity contribution in [2.75, 3.05) is 6.54 Å². The third kappa shape index (κ3) is 2.83. The minimum absolute atomic E-state index is 0.360. The summed E-state index contributed by atoms with van der Waals surface area (Å²) in [6.45, 7) is 5.57. The van der Waals surface area contributed by atoms with Crippen molar-refractivity contribution in [3.8, 4) is 0 Å². The van der Waals surface area contributed by atoms with E-state index in [9.17, 15) is 0 Å². The summed E-state index contributed by atoms with van der Waals surface area (Å²) >= 11 is 0. The summed E-state index contributed by atoms with van der Waals surface area (Å²) in [7, 11) is 0. The second-order valence-electron chi connectivity index (χ2n) is 5.38. The Morgan fingerprint density at radius 2 is 1.88 bits per heavy atom. The van der Waals surface area contributed by atoms with E-state index in [1.807, 2.05) is 12.4 Å². The normalized spacial score (nSPS) is 21.1. The minimum atomic E-state index is 0.360. The summed E-state index contributed by atoms with van der Waals surface area (Å²) in [5.41, 5.74) is 1.60. The van der Waals surface area contributed by atoms with Crippen LogP contribution < -0.4 is 5.32 Å². The highest BCUT2D eigenvalue weighted by atomic mass is 14.9. The lowest BCUT2D eigenvalue weighted by molar-refractivity contribution is 0.145. The Balaban J connectivity index is 2.22. The van der Waals surface area contributed by atoms with Crippen LogP contribution in [0.5, 0.6) is 0 Å². The molecule has 94 valence electrons. The first-order chi connectivity index (χ1) is 8.26. The van der Waals surface area contributed by atoms with Crippen LogP contribution in [0.15, 0.2) is 18.7 Å². The van der Waals surface area contributed by atoms with Gasteiger partial charge in [-0.05, 0) is 24.8 Å². The van der Waals surface area contributed by atoms with E-state index in [0.29, 0.717) is 11.5 Å². The van der Waals surface area contributed by atoms with Gasteiger partial charge in [0.25, 0.3) is 0 Å². The zero-order chi connectivity index (χ0) is 12.1. The van der Waals surface area contributed by atoms with Gasteiger partial charge in [0.05, 0.1) is 0 Å². The topological polar surface area (TPSA) is 37.8 Å². The number of rotatable bonds is 4. The smallest absolute Gasteiger partial charge is 0.115 e.